The molecule has 1 saturated carbocycles. The molecule has 16 heavy (non-hydrogen) atoms. The van der Waals surface area contributed by atoms with Gasteiger partial charge in [0, 0.05) is 11.3 Å². The number of rotatable bonds is 3. The molecular formula is C11H19N3S2. The second kappa shape index (κ2) is 5.47. The predicted molar refractivity (Wildman–Crippen MR) is 69.9 cm³/mol. The Labute approximate surface area is 105 Å². The number of nitrogens with two attached hydrogens (primary N) is 1. The Hall–Kier alpha value is -0.130. The number of hydrogen-bond acceptors (Lipinski definition) is 5. The predicted octanol–water partition coefficient (Wildman–Crippen LogP) is 2.84. The van der Waals surface area contributed by atoms with E-state index in [0.717, 1.165) is 21.7 Å². The van der Waals surface area contributed by atoms with Crippen molar-refractivity contribution in [2.75, 3.05) is 0 Å². The lowest BCUT2D eigenvalue weighted by Gasteiger charge is -2.32. The van der Waals surface area contributed by atoms with Crippen molar-refractivity contribution in [3.05, 3.63) is 5.01 Å². The fourth-order valence-electron chi connectivity index (χ4n) is 2.20. The molecule has 90 valence electrons. The van der Waals surface area contributed by atoms with Gasteiger partial charge in [0.1, 0.15) is 5.01 Å². The third-order valence-electron chi connectivity index (χ3n) is 3.29. The van der Waals surface area contributed by atoms with Crippen LogP contribution in [0.15, 0.2) is 4.34 Å². The summed E-state index contributed by atoms with van der Waals surface area (Å²) >= 11 is 3.51. The molecule has 1 aliphatic rings. The highest BCUT2D eigenvalue weighted by Crippen LogP contribution is 2.37. The summed E-state index contributed by atoms with van der Waals surface area (Å²) in [5.41, 5.74) is 6.19. The van der Waals surface area contributed by atoms with Gasteiger partial charge in [-0.2, -0.15) is 0 Å². The Morgan fingerprint density at radius 3 is 2.88 bits per heavy atom. The Morgan fingerprint density at radius 2 is 2.25 bits per heavy atom. The van der Waals surface area contributed by atoms with Gasteiger partial charge in [0.2, 0.25) is 0 Å². The Bertz CT molecular complexity index is 340. The Morgan fingerprint density at radius 1 is 1.44 bits per heavy atom. The standard InChI is InChI=1S/C11H19N3S2/c1-3-8-4-5-9(12)10(6-8)16-11-14-13-7(2)15-11/h8-10H,3-6,12H2,1-2H3. The highest BCUT2D eigenvalue weighted by atomic mass is 32.2. The van der Waals surface area contributed by atoms with Crippen molar-refractivity contribution in [1.29, 1.82) is 0 Å². The Balaban J connectivity index is 1.96. The van der Waals surface area contributed by atoms with Crippen LogP contribution in [0, 0.1) is 12.8 Å². The molecule has 0 aliphatic heterocycles. The second-order valence-corrected chi connectivity index (χ2v) is 7.16. The zero-order chi connectivity index (χ0) is 11.5. The Kier molecular flexibility index (Phi) is 4.21. The van der Waals surface area contributed by atoms with E-state index >= 15 is 0 Å². The van der Waals surface area contributed by atoms with Crippen molar-refractivity contribution in [3.8, 4) is 0 Å². The molecule has 0 aromatic carbocycles. The van der Waals surface area contributed by atoms with E-state index in [1.807, 2.05) is 18.7 Å². The first-order valence-electron chi connectivity index (χ1n) is 5.91. The van der Waals surface area contributed by atoms with Crippen molar-refractivity contribution in [2.45, 2.75) is 55.2 Å². The zero-order valence-electron chi connectivity index (χ0n) is 9.85. The van der Waals surface area contributed by atoms with Gasteiger partial charge in [-0.05, 0) is 32.1 Å². The smallest absolute Gasteiger partial charge is 0.174 e. The minimum absolute atomic E-state index is 0.331. The van der Waals surface area contributed by atoms with E-state index in [1.165, 1.54) is 19.3 Å². The molecule has 0 radical (unpaired) electrons. The van der Waals surface area contributed by atoms with Gasteiger partial charge in [-0.1, -0.05) is 36.4 Å². The summed E-state index contributed by atoms with van der Waals surface area (Å²) in [6, 6.07) is 0.331. The molecule has 1 aliphatic carbocycles. The maximum absolute atomic E-state index is 6.19. The summed E-state index contributed by atoms with van der Waals surface area (Å²) in [4.78, 5) is 0. The maximum Gasteiger partial charge on any atom is 0.174 e. The molecule has 0 amide bonds. The summed E-state index contributed by atoms with van der Waals surface area (Å²) in [7, 11) is 0. The van der Waals surface area contributed by atoms with Crippen LogP contribution in [0.1, 0.15) is 37.6 Å². The van der Waals surface area contributed by atoms with Crippen LogP contribution in [0.4, 0.5) is 0 Å². The number of nitrogens with zero attached hydrogens (tertiary/aromatic N) is 2. The van der Waals surface area contributed by atoms with E-state index in [9.17, 15) is 0 Å². The largest absolute Gasteiger partial charge is 0.327 e. The number of thioether (sulfide) groups is 1. The monoisotopic (exact) mass is 257 g/mol. The molecule has 3 nitrogen and oxygen atoms in total. The van der Waals surface area contributed by atoms with Crippen molar-refractivity contribution < 1.29 is 0 Å². The van der Waals surface area contributed by atoms with E-state index in [2.05, 4.69) is 17.1 Å². The average molecular weight is 257 g/mol. The second-order valence-electron chi connectivity index (χ2n) is 4.49. The van der Waals surface area contributed by atoms with Crippen LogP contribution in [0.2, 0.25) is 0 Å². The van der Waals surface area contributed by atoms with Gasteiger partial charge in [0.25, 0.3) is 0 Å². The van der Waals surface area contributed by atoms with Crippen LogP contribution in [-0.4, -0.2) is 21.5 Å². The molecule has 2 N–H and O–H groups in total. The lowest BCUT2D eigenvalue weighted by atomic mass is 9.84. The average Bonchev–Trinajstić information content (AvgIpc) is 2.67. The van der Waals surface area contributed by atoms with Gasteiger partial charge in [-0.3, -0.25) is 0 Å². The number of aryl methyl sites for hydroxylation is 1. The summed E-state index contributed by atoms with van der Waals surface area (Å²) in [5.74, 6) is 0.853. The van der Waals surface area contributed by atoms with Crippen molar-refractivity contribution in [1.82, 2.24) is 10.2 Å². The molecule has 0 bridgehead atoms. The normalized spacial score (nSPS) is 30.6. The van der Waals surface area contributed by atoms with Crippen LogP contribution in [0.25, 0.3) is 0 Å². The van der Waals surface area contributed by atoms with E-state index in [4.69, 9.17) is 5.73 Å². The molecule has 1 heterocycles. The first kappa shape index (κ1) is 12.3. The van der Waals surface area contributed by atoms with E-state index in [-0.39, 0.29) is 0 Å². The maximum atomic E-state index is 6.19. The summed E-state index contributed by atoms with van der Waals surface area (Å²) < 4.78 is 1.08. The molecule has 1 fully saturated rings. The number of hydrogen-bond donors (Lipinski definition) is 1. The third kappa shape index (κ3) is 2.96. The highest BCUT2D eigenvalue weighted by Gasteiger charge is 2.28. The van der Waals surface area contributed by atoms with Gasteiger partial charge in [0.05, 0.1) is 0 Å². The third-order valence-corrected chi connectivity index (χ3v) is 5.59. The first-order chi connectivity index (χ1) is 7.69. The van der Waals surface area contributed by atoms with E-state index in [1.54, 1.807) is 11.3 Å². The SMILES string of the molecule is CCC1CCC(N)C(Sc2nnc(C)s2)C1. The molecule has 1 aromatic rings. The van der Waals surface area contributed by atoms with Crippen molar-refractivity contribution in [3.63, 3.8) is 0 Å². The quantitative estimate of drug-likeness (QED) is 0.904. The molecule has 0 saturated heterocycles. The van der Waals surface area contributed by atoms with Gasteiger partial charge in [-0.15, -0.1) is 10.2 Å². The zero-order valence-corrected chi connectivity index (χ0v) is 11.5. The van der Waals surface area contributed by atoms with Crippen LogP contribution in [-0.2, 0) is 0 Å². The molecule has 2 rings (SSSR count). The van der Waals surface area contributed by atoms with Crippen LogP contribution in [0.3, 0.4) is 0 Å². The molecular weight excluding hydrogens is 238 g/mol. The summed E-state index contributed by atoms with van der Waals surface area (Å²) in [6.45, 7) is 4.27. The van der Waals surface area contributed by atoms with Gasteiger partial charge in [-0.25, -0.2) is 0 Å². The van der Waals surface area contributed by atoms with Crippen molar-refractivity contribution >= 4 is 23.1 Å². The number of aromatic nitrogens is 2. The molecule has 0 spiro atoms. The first-order valence-corrected chi connectivity index (χ1v) is 7.61. The molecule has 3 atom stereocenters. The molecule has 5 heteroatoms. The van der Waals surface area contributed by atoms with Crippen LogP contribution >= 0.6 is 23.1 Å². The van der Waals surface area contributed by atoms with E-state index < -0.39 is 0 Å². The lowest BCUT2D eigenvalue weighted by molar-refractivity contribution is 0.327. The lowest BCUT2D eigenvalue weighted by Crippen LogP contribution is -2.38. The fourth-order valence-corrected chi connectivity index (χ4v) is 4.56. The van der Waals surface area contributed by atoms with E-state index in [0.29, 0.717) is 11.3 Å². The minimum atomic E-state index is 0.331. The van der Waals surface area contributed by atoms with Gasteiger partial charge >= 0.3 is 0 Å². The molecule has 1 aromatic heterocycles. The van der Waals surface area contributed by atoms with Crippen LogP contribution < -0.4 is 5.73 Å². The van der Waals surface area contributed by atoms with Gasteiger partial charge in [0.15, 0.2) is 4.34 Å². The summed E-state index contributed by atoms with van der Waals surface area (Å²) in [5, 5.41) is 9.80. The van der Waals surface area contributed by atoms with Crippen LogP contribution in [0.5, 0.6) is 0 Å². The molecule has 3 unspecified atom stereocenters. The van der Waals surface area contributed by atoms with Gasteiger partial charge < -0.3 is 5.73 Å². The fraction of sp³-hybridized carbons (Fsp3) is 0.818. The highest BCUT2D eigenvalue weighted by molar-refractivity contribution is 8.01. The summed E-state index contributed by atoms with van der Waals surface area (Å²) in [6.07, 6.45) is 4.97. The van der Waals surface area contributed by atoms with Crippen molar-refractivity contribution in [2.24, 2.45) is 11.7 Å². The minimum Gasteiger partial charge on any atom is -0.327 e. The topological polar surface area (TPSA) is 51.8 Å².